The Labute approximate surface area is 125 Å². The fraction of sp³-hybridized carbons (Fsp3) is 0.333. The molecule has 1 aliphatic carbocycles. The van der Waals surface area contributed by atoms with Gasteiger partial charge in [-0.05, 0) is 54.5 Å². The van der Waals surface area contributed by atoms with Crippen LogP contribution in [0.2, 0.25) is 5.02 Å². The van der Waals surface area contributed by atoms with Crippen molar-refractivity contribution in [2.75, 3.05) is 6.54 Å². The van der Waals surface area contributed by atoms with Gasteiger partial charge in [-0.2, -0.15) is 0 Å². The van der Waals surface area contributed by atoms with Gasteiger partial charge >= 0.3 is 0 Å². The van der Waals surface area contributed by atoms with Crippen LogP contribution in [0.25, 0.3) is 0 Å². The number of hydrogen-bond donors (Lipinski definition) is 1. The summed E-state index contributed by atoms with van der Waals surface area (Å²) in [5.74, 6) is 0. The van der Waals surface area contributed by atoms with E-state index in [4.69, 9.17) is 17.3 Å². The molecule has 3 rings (SSSR count). The second-order valence-corrected chi connectivity index (χ2v) is 6.24. The quantitative estimate of drug-likeness (QED) is 0.902. The summed E-state index contributed by atoms with van der Waals surface area (Å²) in [6.45, 7) is 0.691. The van der Waals surface area contributed by atoms with Crippen LogP contribution in [0.5, 0.6) is 0 Å². The Morgan fingerprint density at radius 2 is 1.95 bits per heavy atom. The van der Waals surface area contributed by atoms with E-state index in [2.05, 4.69) is 36.4 Å². The van der Waals surface area contributed by atoms with Gasteiger partial charge in [0, 0.05) is 17.0 Å². The van der Waals surface area contributed by atoms with E-state index in [0.29, 0.717) is 6.54 Å². The van der Waals surface area contributed by atoms with Crippen LogP contribution < -0.4 is 5.73 Å². The second-order valence-electron chi connectivity index (χ2n) is 5.80. The fourth-order valence-electron chi connectivity index (χ4n) is 3.51. The number of halogens is 1. The van der Waals surface area contributed by atoms with Gasteiger partial charge in [-0.1, -0.05) is 48.0 Å². The molecule has 2 heteroatoms. The molecule has 1 unspecified atom stereocenters. The zero-order chi connectivity index (χ0) is 14.0. The molecule has 0 saturated carbocycles. The molecule has 0 saturated heterocycles. The Kier molecular flexibility index (Phi) is 3.82. The summed E-state index contributed by atoms with van der Waals surface area (Å²) in [5.41, 5.74) is 10.5. The van der Waals surface area contributed by atoms with Crippen LogP contribution in [-0.4, -0.2) is 6.54 Å². The molecule has 0 fully saturated rings. The van der Waals surface area contributed by atoms with Gasteiger partial charge in [0.15, 0.2) is 0 Å². The third-order valence-electron chi connectivity index (χ3n) is 4.51. The van der Waals surface area contributed by atoms with Crippen molar-refractivity contribution in [3.63, 3.8) is 0 Å². The first-order valence-corrected chi connectivity index (χ1v) is 7.64. The van der Waals surface area contributed by atoms with E-state index in [0.717, 1.165) is 17.9 Å². The normalized spacial score (nSPS) is 21.5. The molecule has 0 spiro atoms. The van der Waals surface area contributed by atoms with Crippen LogP contribution in [0, 0.1) is 0 Å². The maximum atomic E-state index is 6.21. The van der Waals surface area contributed by atoms with Crippen LogP contribution >= 0.6 is 11.6 Å². The SMILES string of the molecule is NCC1(Cc2cccc(Cl)c2)CCCc2ccccc21. The molecule has 0 aromatic heterocycles. The first-order valence-electron chi connectivity index (χ1n) is 7.26. The van der Waals surface area contributed by atoms with Gasteiger partial charge in [0.05, 0.1) is 0 Å². The van der Waals surface area contributed by atoms with Crippen molar-refractivity contribution in [2.45, 2.75) is 31.1 Å². The Morgan fingerprint density at radius 1 is 1.10 bits per heavy atom. The summed E-state index contributed by atoms with van der Waals surface area (Å²) in [5, 5.41) is 0.804. The topological polar surface area (TPSA) is 26.0 Å². The van der Waals surface area contributed by atoms with Crippen LogP contribution in [0.15, 0.2) is 48.5 Å². The lowest BCUT2D eigenvalue weighted by atomic mass is 9.67. The highest BCUT2D eigenvalue weighted by molar-refractivity contribution is 6.30. The van der Waals surface area contributed by atoms with Crippen molar-refractivity contribution in [1.82, 2.24) is 0 Å². The minimum absolute atomic E-state index is 0.0690. The first kappa shape index (κ1) is 13.7. The van der Waals surface area contributed by atoms with Crippen molar-refractivity contribution >= 4 is 11.6 Å². The van der Waals surface area contributed by atoms with Crippen molar-refractivity contribution in [3.05, 3.63) is 70.2 Å². The minimum atomic E-state index is 0.0690. The van der Waals surface area contributed by atoms with Crippen molar-refractivity contribution in [3.8, 4) is 0 Å². The largest absolute Gasteiger partial charge is 0.330 e. The monoisotopic (exact) mass is 285 g/mol. The summed E-state index contributed by atoms with van der Waals surface area (Å²) in [7, 11) is 0. The Balaban J connectivity index is 2.00. The smallest absolute Gasteiger partial charge is 0.0408 e. The molecule has 104 valence electrons. The zero-order valence-electron chi connectivity index (χ0n) is 11.6. The van der Waals surface area contributed by atoms with E-state index in [-0.39, 0.29) is 5.41 Å². The molecule has 0 aliphatic heterocycles. The molecule has 2 N–H and O–H groups in total. The molecule has 20 heavy (non-hydrogen) atoms. The van der Waals surface area contributed by atoms with E-state index in [9.17, 15) is 0 Å². The molecule has 2 aromatic rings. The molecule has 0 radical (unpaired) electrons. The Hall–Kier alpha value is -1.31. The summed E-state index contributed by atoms with van der Waals surface area (Å²) < 4.78 is 0. The van der Waals surface area contributed by atoms with E-state index in [1.54, 1.807) is 0 Å². The highest BCUT2D eigenvalue weighted by Gasteiger charge is 2.35. The zero-order valence-corrected chi connectivity index (χ0v) is 12.4. The molecule has 1 aliphatic rings. The predicted molar refractivity (Wildman–Crippen MR) is 85.3 cm³/mol. The van der Waals surface area contributed by atoms with Crippen LogP contribution in [-0.2, 0) is 18.3 Å². The number of aryl methyl sites for hydroxylation is 1. The van der Waals surface area contributed by atoms with Gasteiger partial charge in [0.1, 0.15) is 0 Å². The average molecular weight is 286 g/mol. The van der Waals surface area contributed by atoms with Gasteiger partial charge in [-0.15, -0.1) is 0 Å². The number of benzene rings is 2. The molecular formula is C18H20ClN. The Morgan fingerprint density at radius 3 is 2.75 bits per heavy atom. The van der Waals surface area contributed by atoms with Gasteiger partial charge < -0.3 is 5.73 Å². The van der Waals surface area contributed by atoms with Gasteiger partial charge in [0.25, 0.3) is 0 Å². The van der Waals surface area contributed by atoms with Gasteiger partial charge in [-0.3, -0.25) is 0 Å². The fourth-order valence-corrected chi connectivity index (χ4v) is 3.73. The highest BCUT2D eigenvalue weighted by atomic mass is 35.5. The minimum Gasteiger partial charge on any atom is -0.330 e. The summed E-state index contributed by atoms with van der Waals surface area (Å²) in [6, 6.07) is 16.9. The molecular weight excluding hydrogens is 266 g/mol. The maximum Gasteiger partial charge on any atom is 0.0408 e. The van der Waals surface area contributed by atoms with Crippen molar-refractivity contribution in [2.24, 2.45) is 5.73 Å². The predicted octanol–water partition coefficient (Wildman–Crippen LogP) is 4.12. The van der Waals surface area contributed by atoms with E-state index in [1.807, 2.05) is 12.1 Å². The maximum absolute atomic E-state index is 6.21. The Bertz CT molecular complexity index is 608. The average Bonchev–Trinajstić information content (AvgIpc) is 2.47. The standard InChI is InChI=1S/C18H20ClN/c19-16-8-3-5-14(11-16)12-18(13-20)10-4-7-15-6-1-2-9-17(15)18/h1-3,5-6,8-9,11H,4,7,10,12-13,20H2. The van der Waals surface area contributed by atoms with Gasteiger partial charge in [-0.25, -0.2) is 0 Å². The lowest BCUT2D eigenvalue weighted by Gasteiger charge is -2.38. The molecule has 1 nitrogen and oxygen atoms in total. The molecule has 1 atom stereocenters. The van der Waals surface area contributed by atoms with Crippen LogP contribution in [0.3, 0.4) is 0 Å². The number of rotatable bonds is 3. The summed E-state index contributed by atoms with van der Waals surface area (Å²) >= 11 is 6.12. The van der Waals surface area contributed by atoms with E-state index < -0.39 is 0 Å². The van der Waals surface area contributed by atoms with Crippen molar-refractivity contribution < 1.29 is 0 Å². The lowest BCUT2D eigenvalue weighted by molar-refractivity contribution is 0.366. The summed E-state index contributed by atoms with van der Waals surface area (Å²) in [6.07, 6.45) is 4.52. The lowest BCUT2D eigenvalue weighted by Crippen LogP contribution is -2.40. The molecule has 0 amide bonds. The van der Waals surface area contributed by atoms with Crippen LogP contribution in [0.1, 0.15) is 29.5 Å². The van der Waals surface area contributed by atoms with Gasteiger partial charge in [0.2, 0.25) is 0 Å². The number of hydrogen-bond acceptors (Lipinski definition) is 1. The number of fused-ring (bicyclic) bond motifs is 1. The second kappa shape index (κ2) is 5.59. The van der Waals surface area contributed by atoms with E-state index >= 15 is 0 Å². The number of nitrogens with two attached hydrogens (primary N) is 1. The summed E-state index contributed by atoms with van der Waals surface area (Å²) in [4.78, 5) is 0. The van der Waals surface area contributed by atoms with Crippen LogP contribution in [0.4, 0.5) is 0 Å². The van der Waals surface area contributed by atoms with Crippen molar-refractivity contribution in [1.29, 1.82) is 0 Å². The molecule has 2 aromatic carbocycles. The molecule has 0 heterocycles. The molecule has 0 bridgehead atoms. The highest BCUT2D eigenvalue weighted by Crippen LogP contribution is 2.39. The third-order valence-corrected chi connectivity index (χ3v) is 4.75. The first-order chi connectivity index (χ1) is 9.73. The van der Waals surface area contributed by atoms with E-state index in [1.165, 1.54) is 29.5 Å². The third kappa shape index (κ3) is 2.48.